The van der Waals surface area contributed by atoms with Crippen LogP contribution in [0, 0.1) is 26.8 Å². The molecule has 0 unspecified atom stereocenters. The molecule has 0 N–H and O–H groups in total. The molecule has 7 aromatic carbocycles. The van der Waals surface area contributed by atoms with Gasteiger partial charge in [0.25, 0.3) is 0 Å². The molecular formula is C62H59N3Pt. The zero-order valence-corrected chi connectivity index (χ0v) is 41.6. The first-order valence-electron chi connectivity index (χ1n) is 26.3. The third-order valence-electron chi connectivity index (χ3n) is 12.4. The van der Waals surface area contributed by atoms with Crippen molar-refractivity contribution >= 4 is 11.0 Å². The molecule has 0 spiro atoms. The van der Waals surface area contributed by atoms with Gasteiger partial charge < -0.3 is 4.57 Å². The fourth-order valence-electron chi connectivity index (χ4n) is 8.70. The van der Waals surface area contributed by atoms with E-state index in [4.69, 9.17) is 14.6 Å². The van der Waals surface area contributed by atoms with Crippen LogP contribution in [0.15, 0.2) is 158 Å². The van der Waals surface area contributed by atoms with E-state index < -0.39 is 47.8 Å². The molecular weight excluding hydrogens is 982 g/mol. The van der Waals surface area contributed by atoms with Gasteiger partial charge in [-0.05, 0) is 92.4 Å². The summed E-state index contributed by atoms with van der Waals surface area (Å²) in [6.45, 7) is 26.2. The van der Waals surface area contributed by atoms with Gasteiger partial charge in [0.15, 0.2) is 0 Å². The molecule has 0 amide bonds. The van der Waals surface area contributed by atoms with Crippen LogP contribution in [0.25, 0.3) is 83.9 Å². The maximum absolute atomic E-state index is 9.53. The summed E-state index contributed by atoms with van der Waals surface area (Å²) in [6, 6.07) is 38.1. The van der Waals surface area contributed by atoms with Gasteiger partial charge in [-0.3, -0.25) is 4.98 Å². The van der Waals surface area contributed by atoms with Gasteiger partial charge in [-0.1, -0.05) is 188 Å². The van der Waals surface area contributed by atoms with Crippen LogP contribution in [-0.4, -0.2) is 14.5 Å². The van der Waals surface area contributed by atoms with E-state index in [1.165, 1.54) is 16.7 Å². The van der Waals surface area contributed by atoms with Crippen molar-refractivity contribution in [3.63, 3.8) is 0 Å². The number of fused-ring (bicyclic) bond motifs is 1. The number of hydrogen-bond donors (Lipinski definition) is 0. The third-order valence-corrected chi connectivity index (χ3v) is 12.4. The third kappa shape index (κ3) is 8.87. The van der Waals surface area contributed by atoms with Crippen molar-refractivity contribution in [2.45, 2.75) is 86.0 Å². The summed E-state index contributed by atoms with van der Waals surface area (Å²) in [5.74, 6) is 1.00. The molecule has 0 aliphatic rings. The molecule has 3 nitrogen and oxygen atoms in total. The van der Waals surface area contributed by atoms with E-state index >= 15 is 0 Å². The largest absolute Gasteiger partial charge is 2.00 e. The van der Waals surface area contributed by atoms with Crippen LogP contribution in [0.3, 0.4) is 0 Å². The first-order valence-corrected chi connectivity index (χ1v) is 22.3. The van der Waals surface area contributed by atoms with Gasteiger partial charge in [0, 0.05) is 17.6 Å². The van der Waals surface area contributed by atoms with Crippen molar-refractivity contribution in [3.05, 3.63) is 204 Å². The second-order valence-corrected chi connectivity index (χ2v) is 19.4. The van der Waals surface area contributed by atoms with E-state index in [1.54, 1.807) is 0 Å². The molecule has 0 radical (unpaired) electrons. The molecule has 0 saturated heterocycles. The van der Waals surface area contributed by atoms with Crippen LogP contribution in [-0.2, 0) is 31.9 Å². The SMILES string of the molecule is [2H]c1nc(-c2[c-]c(-c3cccc4c3nc(-c3cc(C(C)(C)C)cc(C)c3[CH2-])n4-c3ccc(-c4c(-c5ccccc5)cccc4C(C)C)cc3C)cc(C(C)(C)C)c2)c([2H])c(-c2c([2H])c([2H])c([2H])c([2H])c2[2H])c1[2H].[Pt+2]. The Morgan fingerprint density at radius 1 is 0.636 bits per heavy atom. The second kappa shape index (κ2) is 18.2. The van der Waals surface area contributed by atoms with Gasteiger partial charge in [-0.2, -0.15) is 18.1 Å². The van der Waals surface area contributed by atoms with Crippen molar-refractivity contribution in [3.8, 4) is 72.8 Å². The second-order valence-electron chi connectivity index (χ2n) is 19.4. The Hall–Kier alpha value is -6.28. The maximum Gasteiger partial charge on any atom is 2.00 e. The molecule has 9 rings (SSSR count). The first-order chi connectivity index (χ1) is 34.4. The fourth-order valence-corrected chi connectivity index (χ4v) is 8.70. The van der Waals surface area contributed by atoms with E-state index in [0.717, 1.165) is 67.1 Å². The Morgan fingerprint density at radius 2 is 1.32 bits per heavy atom. The number of para-hydroxylation sites is 1. The first kappa shape index (κ1) is 36.9. The number of aryl methyl sites for hydroxylation is 2. The summed E-state index contributed by atoms with van der Waals surface area (Å²) in [7, 11) is 0. The summed E-state index contributed by atoms with van der Waals surface area (Å²) in [5.41, 5.74) is 14.9. The summed E-state index contributed by atoms with van der Waals surface area (Å²) in [6.07, 6.45) is -0.503. The van der Waals surface area contributed by atoms with Crippen molar-refractivity contribution in [1.82, 2.24) is 14.5 Å². The van der Waals surface area contributed by atoms with E-state index in [1.807, 2.05) is 24.3 Å². The number of pyridine rings is 1. The van der Waals surface area contributed by atoms with Crippen molar-refractivity contribution in [2.24, 2.45) is 0 Å². The van der Waals surface area contributed by atoms with Crippen LogP contribution in [0.4, 0.5) is 0 Å². The minimum atomic E-state index is -0.596. The van der Waals surface area contributed by atoms with E-state index in [0.29, 0.717) is 16.6 Å². The molecule has 332 valence electrons. The molecule has 2 aromatic heterocycles. The Labute approximate surface area is 418 Å². The minimum absolute atomic E-state index is 0. The Bertz CT molecular complexity index is 3670. The summed E-state index contributed by atoms with van der Waals surface area (Å²) < 4.78 is 71.9. The molecule has 0 bridgehead atoms. The van der Waals surface area contributed by atoms with E-state index in [-0.39, 0.29) is 55.3 Å². The van der Waals surface area contributed by atoms with Crippen LogP contribution < -0.4 is 0 Å². The molecule has 66 heavy (non-hydrogen) atoms. The Balaban J connectivity index is 0.00000729. The van der Waals surface area contributed by atoms with Crippen molar-refractivity contribution < 1.29 is 32.0 Å². The zero-order valence-electron chi connectivity index (χ0n) is 47.3. The van der Waals surface area contributed by atoms with Gasteiger partial charge in [-0.25, -0.2) is 4.98 Å². The molecule has 4 heteroatoms. The number of rotatable bonds is 8. The topological polar surface area (TPSA) is 30.7 Å². The Morgan fingerprint density at radius 3 is 2.02 bits per heavy atom. The van der Waals surface area contributed by atoms with Gasteiger partial charge in [0.05, 0.1) is 27.8 Å². The number of aromatic nitrogens is 3. The predicted octanol–water partition coefficient (Wildman–Crippen LogP) is 16.7. The molecule has 0 aliphatic heterocycles. The zero-order chi connectivity index (χ0) is 52.7. The number of imidazole rings is 1. The summed E-state index contributed by atoms with van der Waals surface area (Å²) >= 11 is 0. The van der Waals surface area contributed by atoms with Gasteiger partial charge in [0.1, 0.15) is 0 Å². The minimum Gasteiger partial charge on any atom is -0.303 e. The van der Waals surface area contributed by atoms with Crippen molar-refractivity contribution in [1.29, 1.82) is 0 Å². The van der Waals surface area contributed by atoms with Crippen LogP contribution in [0.2, 0.25) is 0 Å². The number of nitrogens with zero attached hydrogens (tertiary/aromatic N) is 3. The van der Waals surface area contributed by atoms with Gasteiger partial charge >= 0.3 is 21.1 Å². The van der Waals surface area contributed by atoms with Gasteiger partial charge in [-0.15, -0.1) is 41.5 Å². The maximum atomic E-state index is 9.53. The quantitative estimate of drug-likeness (QED) is 0.142. The molecule has 0 fully saturated rings. The molecule has 0 saturated carbocycles. The fraction of sp³-hybridized carbons (Fsp3) is 0.210. The summed E-state index contributed by atoms with van der Waals surface area (Å²) in [4.78, 5) is 10.1. The average Bonchev–Trinajstić information content (AvgIpc) is 3.74. The van der Waals surface area contributed by atoms with Crippen LogP contribution in [0.5, 0.6) is 0 Å². The molecule has 9 aromatic rings. The smallest absolute Gasteiger partial charge is 0.303 e. The Kier molecular flexibility index (Phi) is 10.2. The standard InChI is InChI=1S/C62H59N3.Pt/c1-39(2)51-24-18-25-52(44-22-16-13-17-23-44)58(51)46-28-29-56(41(4)32-46)65-57-27-19-26-53(59(57)64-60(65)54-38-49(61(6,7)8)33-40(3)42(54)5)47-34-48(36-50(35-47)62(9,10)11)55-37-45(30-31-63-55)43-20-14-12-15-21-43;/h12-33,35-39H,5H2,1-4,6-11H3;/q-2;+2/i12D,14D,15D,20D,21D,30D,31D,37D;. The number of benzene rings is 7. The molecule has 0 aliphatic carbocycles. The molecule has 0 atom stereocenters. The number of hydrogen-bond acceptors (Lipinski definition) is 2. The monoisotopic (exact) mass is 1050 g/mol. The average molecular weight is 1050 g/mol. The summed E-state index contributed by atoms with van der Waals surface area (Å²) in [5, 5.41) is 0. The van der Waals surface area contributed by atoms with Gasteiger partial charge in [0.2, 0.25) is 0 Å². The normalized spacial score (nSPS) is 13.6. The van der Waals surface area contributed by atoms with Crippen LogP contribution >= 0.6 is 0 Å². The van der Waals surface area contributed by atoms with E-state index in [2.05, 4.69) is 177 Å². The predicted molar refractivity (Wildman–Crippen MR) is 276 cm³/mol. The van der Waals surface area contributed by atoms with Crippen LogP contribution in [0.1, 0.15) is 106 Å². The van der Waals surface area contributed by atoms with E-state index in [9.17, 15) is 1.37 Å². The molecule has 2 heterocycles. The van der Waals surface area contributed by atoms with Crippen molar-refractivity contribution in [2.75, 3.05) is 0 Å².